The van der Waals surface area contributed by atoms with Crippen LogP contribution in [0.3, 0.4) is 0 Å². The van der Waals surface area contributed by atoms with Gasteiger partial charge in [0.05, 0.1) is 9.40 Å². The summed E-state index contributed by atoms with van der Waals surface area (Å²) >= 11 is 3.13. The van der Waals surface area contributed by atoms with Crippen LogP contribution in [0.5, 0.6) is 5.75 Å². The first-order valence-corrected chi connectivity index (χ1v) is 6.17. The van der Waals surface area contributed by atoms with Gasteiger partial charge in [0.15, 0.2) is 0 Å². The molecule has 6 heteroatoms. The van der Waals surface area contributed by atoms with E-state index in [4.69, 9.17) is 0 Å². The van der Waals surface area contributed by atoms with Crippen molar-refractivity contribution in [2.24, 2.45) is 0 Å². The van der Waals surface area contributed by atoms with Crippen molar-refractivity contribution in [1.29, 1.82) is 0 Å². The minimum atomic E-state index is -0.462. The summed E-state index contributed by atoms with van der Waals surface area (Å²) in [4.78, 5) is 12.3. The largest absolute Gasteiger partial charge is 0.506 e. The summed E-state index contributed by atoms with van der Waals surface area (Å²) in [6.07, 6.45) is 0. The summed E-state index contributed by atoms with van der Waals surface area (Å²) in [5.74, 6) is 0.0718. The molecule has 0 spiro atoms. The molecule has 0 unspecified atom stereocenters. The van der Waals surface area contributed by atoms with Crippen molar-refractivity contribution in [3.05, 3.63) is 32.3 Å². The number of halogens is 1. The van der Waals surface area contributed by atoms with Gasteiger partial charge in [0.1, 0.15) is 5.75 Å². The average molecular weight is 303 g/mol. The molecule has 1 aromatic carbocycles. The van der Waals surface area contributed by atoms with Crippen molar-refractivity contribution in [3.8, 4) is 5.75 Å². The number of non-ortho nitro benzene ring substituents is 1. The van der Waals surface area contributed by atoms with Crippen LogP contribution in [0.15, 0.2) is 16.6 Å². The van der Waals surface area contributed by atoms with Crippen molar-refractivity contribution >= 4 is 21.6 Å². The zero-order valence-corrected chi connectivity index (χ0v) is 11.4. The van der Waals surface area contributed by atoms with Gasteiger partial charge in [-0.25, -0.2) is 0 Å². The Hall–Kier alpha value is -1.14. The summed E-state index contributed by atoms with van der Waals surface area (Å²) in [5, 5.41) is 20.6. The summed E-state index contributed by atoms with van der Waals surface area (Å²) in [7, 11) is 0. The van der Waals surface area contributed by atoms with Crippen LogP contribution in [-0.2, 0) is 6.54 Å². The lowest BCUT2D eigenvalue weighted by Crippen LogP contribution is -2.22. The molecule has 0 amide bonds. The van der Waals surface area contributed by atoms with Gasteiger partial charge >= 0.3 is 0 Å². The van der Waals surface area contributed by atoms with Gasteiger partial charge in [0.25, 0.3) is 5.69 Å². The smallest absolute Gasteiger partial charge is 0.271 e. The molecule has 94 valence electrons. The molecule has 0 saturated heterocycles. The fraction of sp³-hybridized carbons (Fsp3) is 0.455. The van der Waals surface area contributed by atoms with Gasteiger partial charge < -0.3 is 5.11 Å². The number of phenolic OH excluding ortho intramolecular Hbond substituents is 1. The van der Waals surface area contributed by atoms with Crippen molar-refractivity contribution in [2.75, 3.05) is 13.1 Å². The maximum atomic E-state index is 10.7. The average Bonchev–Trinajstić information content (AvgIpc) is 2.30. The monoisotopic (exact) mass is 302 g/mol. The van der Waals surface area contributed by atoms with Gasteiger partial charge in [-0.2, -0.15) is 0 Å². The van der Waals surface area contributed by atoms with E-state index in [0.717, 1.165) is 13.1 Å². The van der Waals surface area contributed by atoms with E-state index in [1.165, 1.54) is 12.1 Å². The molecule has 0 heterocycles. The zero-order valence-electron chi connectivity index (χ0n) is 9.81. The van der Waals surface area contributed by atoms with Crippen LogP contribution in [0.1, 0.15) is 19.4 Å². The highest BCUT2D eigenvalue weighted by Gasteiger charge is 2.16. The summed E-state index contributed by atoms with van der Waals surface area (Å²) in [5.41, 5.74) is 0.548. The Labute approximate surface area is 108 Å². The number of phenols is 1. The molecule has 0 fully saturated rings. The van der Waals surface area contributed by atoms with Crippen LogP contribution in [0.4, 0.5) is 5.69 Å². The van der Waals surface area contributed by atoms with Crippen molar-refractivity contribution < 1.29 is 10.0 Å². The summed E-state index contributed by atoms with van der Waals surface area (Å²) < 4.78 is 0.355. The molecule has 1 N–H and O–H groups in total. The van der Waals surface area contributed by atoms with E-state index in [1.54, 1.807) is 0 Å². The minimum absolute atomic E-state index is 0.0168. The maximum absolute atomic E-state index is 10.7. The number of hydrogen-bond donors (Lipinski definition) is 1. The van der Waals surface area contributed by atoms with Gasteiger partial charge in [-0.15, -0.1) is 0 Å². The van der Waals surface area contributed by atoms with E-state index in [-0.39, 0.29) is 11.4 Å². The van der Waals surface area contributed by atoms with Crippen LogP contribution in [0.2, 0.25) is 0 Å². The third-order valence-corrected chi connectivity index (χ3v) is 3.23. The van der Waals surface area contributed by atoms with Gasteiger partial charge in [0, 0.05) is 24.2 Å². The molecule has 5 nitrogen and oxygen atoms in total. The zero-order chi connectivity index (χ0) is 13.0. The fourth-order valence-electron chi connectivity index (χ4n) is 1.55. The highest BCUT2D eigenvalue weighted by Crippen LogP contribution is 2.33. The molecule has 0 aliphatic heterocycles. The Bertz CT molecular complexity index is 419. The molecule has 0 aliphatic carbocycles. The first-order chi connectivity index (χ1) is 7.99. The quantitative estimate of drug-likeness (QED) is 0.671. The Morgan fingerprint density at radius 1 is 1.41 bits per heavy atom. The first kappa shape index (κ1) is 13.9. The Morgan fingerprint density at radius 2 is 2.00 bits per heavy atom. The Kier molecular flexibility index (Phi) is 4.89. The van der Waals surface area contributed by atoms with Gasteiger partial charge in [-0.05, 0) is 29.0 Å². The number of benzene rings is 1. The second-order valence-corrected chi connectivity index (χ2v) is 4.51. The third kappa shape index (κ3) is 3.41. The molecule has 0 radical (unpaired) electrons. The molecular weight excluding hydrogens is 288 g/mol. The van der Waals surface area contributed by atoms with Crippen LogP contribution >= 0.6 is 15.9 Å². The van der Waals surface area contributed by atoms with E-state index in [1.807, 2.05) is 13.8 Å². The molecule has 0 bridgehead atoms. The van der Waals surface area contributed by atoms with Crippen LogP contribution < -0.4 is 0 Å². The predicted molar refractivity (Wildman–Crippen MR) is 69.1 cm³/mol. The molecular formula is C11H15BrN2O3. The van der Waals surface area contributed by atoms with E-state index in [2.05, 4.69) is 20.8 Å². The SMILES string of the molecule is CCN(CC)Cc1cc([N+](=O)[O-])cc(Br)c1O. The maximum Gasteiger partial charge on any atom is 0.271 e. The molecule has 0 aromatic heterocycles. The van der Waals surface area contributed by atoms with E-state index in [0.29, 0.717) is 16.6 Å². The standard InChI is InChI=1S/C11H15BrN2O3/c1-3-13(4-2)7-8-5-9(14(16)17)6-10(12)11(8)15/h5-6,15H,3-4,7H2,1-2H3. The topological polar surface area (TPSA) is 66.6 Å². The van der Waals surface area contributed by atoms with E-state index >= 15 is 0 Å². The minimum Gasteiger partial charge on any atom is -0.506 e. The normalized spacial score (nSPS) is 10.8. The number of nitro benzene ring substituents is 1. The van der Waals surface area contributed by atoms with Crippen LogP contribution in [0, 0.1) is 10.1 Å². The number of hydrogen-bond acceptors (Lipinski definition) is 4. The van der Waals surface area contributed by atoms with Crippen molar-refractivity contribution in [2.45, 2.75) is 20.4 Å². The van der Waals surface area contributed by atoms with E-state index in [9.17, 15) is 15.2 Å². The number of rotatable bonds is 5. The van der Waals surface area contributed by atoms with Gasteiger partial charge in [-0.3, -0.25) is 15.0 Å². The summed E-state index contributed by atoms with van der Waals surface area (Å²) in [6.45, 7) is 6.17. The number of nitrogens with zero attached hydrogens (tertiary/aromatic N) is 2. The van der Waals surface area contributed by atoms with Gasteiger partial charge in [0.2, 0.25) is 0 Å². The molecule has 17 heavy (non-hydrogen) atoms. The second-order valence-electron chi connectivity index (χ2n) is 3.65. The second kappa shape index (κ2) is 5.97. The number of aromatic hydroxyl groups is 1. The summed E-state index contributed by atoms with van der Waals surface area (Å²) in [6, 6.07) is 2.72. The highest BCUT2D eigenvalue weighted by atomic mass is 79.9. The lowest BCUT2D eigenvalue weighted by molar-refractivity contribution is -0.385. The Balaban J connectivity index is 3.09. The third-order valence-electron chi connectivity index (χ3n) is 2.63. The van der Waals surface area contributed by atoms with Crippen molar-refractivity contribution in [1.82, 2.24) is 4.90 Å². The van der Waals surface area contributed by atoms with E-state index < -0.39 is 4.92 Å². The Morgan fingerprint density at radius 3 is 2.47 bits per heavy atom. The van der Waals surface area contributed by atoms with Crippen LogP contribution in [0.25, 0.3) is 0 Å². The molecule has 1 aromatic rings. The highest BCUT2D eigenvalue weighted by molar-refractivity contribution is 9.10. The molecule has 0 atom stereocenters. The van der Waals surface area contributed by atoms with Gasteiger partial charge in [-0.1, -0.05) is 13.8 Å². The molecule has 0 aliphatic rings. The van der Waals surface area contributed by atoms with Crippen molar-refractivity contribution in [3.63, 3.8) is 0 Å². The number of nitro groups is 1. The predicted octanol–water partition coefficient (Wildman–Crippen LogP) is 2.90. The molecule has 1 rings (SSSR count). The first-order valence-electron chi connectivity index (χ1n) is 5.37. The fourth-order valence-corrected chi connectivity index (χ4v) is 2.04. The molecule has 0 saturated carbocycles. The van der Waals surface area contributed by atoms with Crippen LogP contribution in [-0.4, -0.2) is 28.0 Å². The lowest BCUT2D eigenvalue weighted by atomic mass is 10.1. The lowest BCUT2D eigenvalue weighted by Gasteiger charge is -2.18.